The number of nitrogens with zero attached hydrogens (tertiary/aromatic N) is 2. The molecule has 0 unspecified atom stereocenters. The Hall–Kier alpha value is -1.95. The van der Waals surface area contributed by atoms with Gasteiger partial charge in [0.15, 0.2) is 17.5 Å². The first-order chi connectivity index (χ1) is 12.7. The molecule has 6 heteroatoms. The first kappa shape index (κ1) is 18.8. The molecule has 0 radical (unpaired) electrons. The number of ether oxygens (including phenoxy) is 2. The van der Waals surface area contributed by atoms with Gasteiger partial charge in [0.1, 0.15) is 0 Å². The lowest BCUT2D eigenvalue weighted by molar-refractivity contribution is 0.197. The maximum atomic E-state index is 5.65. The van der Waals surface area contributed by atoms with E-state index in [1.807, 2.05) is 26.1 Å². The SMILES string of the molecule is CCOc1cc(CNC(=NC)NC2CCN(C3CC3)CC2)ccc1OC. The van der Waals surface area contributed by atoms with E-state index in [1.165, 1.54) is 38.8 Å². The standard InChI is InChI=1S/C20H32N4O2/c1-4-26-19-13-15(5-8-18(19)25-3)14-22-20(21-2)23-16-9-11-24(12-10-16)17-6-7-17/h5,8,13,16-17H,4,6-7,9-12,14H2,1-3H3,(H2,21,22,23). The topological polar surface area (TPSA) is 58.1 Å². The van der Waals surface area contributed by atoms with Crippen molar-refractivity contribution in [3.63, 3.8) is 0 Å². The van der Waals surface area contributed by atoms with Gasteiger partial charge in [0, 0.05) is 38.8 Å². The van der Waals surface area contributed by atoms with Gasteiger partial charge in [-0.25, -0.2) is 0 Å². The quantitative estimate of drug-likeness (QED) is 0.578. The minimum atomic E-state index is 0.506. The van der Waals surface area contributed by atoms with E-state index in [1.54, 1.807) is 7.11 Å². The van der Waals surface area contributed by atoms with Crippen LogP contribution in [0.4, 0.5) is 0 Å². The highest BCUT2D eigenvalue weighted by atomic mass is 16.5. The van der Waals surface area contributed by atoms with Crippen LogP contribution in [0.15, 0.2) is 23.2 Å². The number of methoxy groups -OCH3 is 1. The molecule has 1 saturated heterocycles. The van der Waals surface area contributed by atoms with Crippen LogP contribution in [0.3, 0.4) is 0 Å². The lowest BCUT2D eigenvalue weighted by Crippen LogP contribution is -2.48. The third-order valence-corrected chi connectivity index (χ3v) is 5.15. The molecule has 2 N–H and O–H groups in total. The average Bonchev–Trinajstić information content (AvgIpc) is 3.51. The van der Waals surface area contributed by atoms with E-state index in [0.29, 0.717) is 19.2 Å². The van der Waals surface area contributed by atoms with Crippen LogP contribution in [0.25, 0.3) is 0 Å². The molecular formula is C20H32N4O2. The lowest BCUT2D eigenvalue weighted by atomic mass is 10.1. The molecule has 1 aliphatic heterocycles. The van der Waals surface area contributed by atoms with Crippen LogP contribution in [0.1, 0.15) is 38.2 Å². The molecule has 1 saturated carbocycles. The summed E-state index contributed by atoms with van der Waals surface area (Å²) in [5, 5.41) is 6.99. The van der Waals surface area contributed by atoms with Crippen molar-refractivity contribution >= 4 is 5.96 Å². The van der Waals surface area contributed by atoms with Gasteiger partial charge < -0.3 is 25.0 Å². The van der Waals surface area contributed by atoms with Crippen molar-refractivity contribution in [2.75, 3.05) is 33.9 Å². The summed E-state index contributed by atoms with van der Waals surface area (Å²) in [4.78, 5) is 7.02. The van der Waals surface area contributed by atoms with E-state index in [9.17, 15) is 0 Å². The Labute approximate surface area is 157 Å². The summed E-state index contributed by atoms with van der Waals surface area (Å²) in [5.41, 5.74) is 1.14. The average molecular weight is 361 g/mol. The minimum Gasteiger partial charge on any atom is -0.493 e. The molecule has 1 heterocycles. The summed E-state index contributed by atoms with van der Waals surface area (Å²) in [6.45, 7) is 5.70. The zero-order chi connectivity index (χ0) is 18.4. The summed E-state index contributed by atoms with van der Waals surface area (Å²) in [6.07, 6.45) is 5.17. The molecule has 1 aromatic carbocycles. The Morgan fingerprint density at radius 1 is 1.19 bits per heavy atom. The van der Waals surface area contributed by atoms with Crippen molar-refractivity contribution in [2.45, 2.75) is 51.2 Å². The molecular weight excluding hydrogens is 328 g/mol. The molecule has 6 nitrogen and oxygen atoms in total. The summed E-state index contributed by atoms with van der Waals surface area (Å²) >= 11 is 0. The second kappa shape index (κ2) is 9.12. The molecule has 0 atom stereocenters. The molecule has 26 heavy (non-hydrogen) atoms. The molecule has 2 fully saturated rings. The maximum absolute atomic E-state index is 5.65. The number of hydrogen-bond acceptors (Lipinski definition) is 4. The summed E-state index contributed by atoms with van der Waals surface area (Å²) < 4.78 is 11.0. The highest BCUT2D eigenvalue weighted by molar-refractivity contribution is 5.80. The molecule has 2 aliphatic rings. The number of piperidine rings is 1. The Balaban J connectivity index is 1.48. The van der Waals surface area contributed by atoms with Crippen LogP contribution < -0.4 is 20.1 Å². The van der Waals surface area contributed by atoms with Crippen molar-refractivity contribution in [1.82, 2.24) is 15.5 Å². The van der Waals surface area contributed by atoms with Gasteiger partial charge in [0.25, 0.3) is 0 Å². The largest absolute Gasteiger partial charge is 0.493 e. The highest BCUT2D eigenvalue weighted by Crippen LogP contribution is 2.29. The Morgan fingerprint density at radius 2 is 1.96 bits per heavy atom. The van der Waals surface area contributed by atoms with E-state index in [-0.39, 0.29) is 0 Å². The van der Waals surface area contributed by atoms with E-state index in [2.05, 4.69) is 26.6 Å². The van der Waals surface area contributed by atoms with Crippen LogP contribution in [0.5, 0.6) is 11.5 Å². The molecule has 1 aliphatic carbocycles. The number of likely N-dealkylation sites (tertiary alicyclic amines) is 1. The Morgan fingerprint density at radius 3 is 2.58 bits per heavy atom. The van der Waals surface area contributed by atoms with Crippen molar-refractivity contribution in [1.29, 1.82) is 0 Å². The second-order valence-corrected chi connectivity index (χ2v) is 7.03. The van der Waals surface area contributed by atoms with Crippen LogP contribution in [0.2, 0.25) is 0 Å². The molecule has 0 bridgehead atoms. The molecule has 0 spiro atoms. The number of rotatable bonds is 7. The van der Waals surface area contributed by atoms with Gasteiger partial charge in [0.05, 0.1) is 13.7 Å². The summed E-state index contributed by atoms with van der Waals surface area (Å²) in [7, 11) is 3.49. The zero-order valence-corrected chi connectivity index (χ0v) is 16.3. The summed E-state index contributed by atoms with van der Waals surface area (Å²) in [5.74, 6) is 2.41. The van der Waals surface area contributed by atoms with Gasteiger partial charge in [-0.2, -0.15) is 0 Å². The maximum Gasteiger partial charge on any atom is 0.191 e. The predicted molar refractivity (Wildman–Crippen MR) is 105 cm³/mol. The molecule has 0 amide bonds. The van der Waals surface area contributed by atoms with Gasteiger partial charge in [-0.3, -0.25) is 4.99 Å². The zero-order valence-electron chi connectivity index (χ0n) is 16.3. The molecule has 1 aromatic rings. The van der Waals surface area contributed by atoms with E-state index in [0.717, 1.165) is 29.1 Å². The fourth-order valence-electron chi connectivity index (χ4n) is 3.52. The first-order valence-electron chi connectivity index (χ1n) is 9.74. The number of nitrogens with one attached hydrogen (secondary N) is 2. The Bertz CT molecular complexity index is 608. The predicted octanol–water partition coefficient (Wildman–Crippen LogP) is 2.39. The van der Waals surface area contributed by atoms with Crippen LogP contribution in [-0.4, -0.2) is 56.8 Å². The number of guanidine groups is 1. The van der Waals surface area contributed by atoms with E-state index in [4.69, 9.17) is 9.47 Å². The third-order valence-electron chi connectivity index (χ3n) is 5.15. The number of hydrogen-bond donors (Lipinski definition) is 2. The van der Waals surface area contributed by atoms with E-state index < -0.39 is 0 Å². The van der Waals surface area contributed by atoms with Crippen LogP contribution >= 0.6 is 0 Å². The minimum absolute atomic E-state index is 0.506. The lowest BCUT2D eigenvalue weighted by Gasteiger charge is -2.33. The molecule has 3 rings (SSSR count). The van der Waals surface area contributed by atoms with Crippen molar-refractivity contribution in [2.24, 2.45) is 4.99 Å². The van der Waals surface area contributed by atoms with Gasteiger partial charge in [-0.15, -0.1) is 0 Å². The first-order valence-corrected chi connectivity index (χ1v) is 9.74. The third kappa shape index (κ3) is 5.04. The second-order valence-electron chi connectivity index (χ2n) is 7.03. The fraction of sp³-hybridized carbons (Fsp3) is 0.650. The van der Waals surface area contributed by atoms with Crippen molar-refractivity contribution in [3.05, 3.63) is 23.8 Å². The van der Waals surface area contributed by atoms with Gasteiger partial charge in [-0.05, 0) is 50.3 Å². The highest BCUT2D eigenvalue weighted by Gasteiger charge is 2.31. The van der Waals surface area contributed by atoms with Crippen molar-refractivity contribution in [3.8, 4) is 11.5 Å². The Kier molecular flexibility index (Phi) is 6.61. The van der Waals surface area contributed by atoms with Gasteiger partial charge in [-0.1, -0.05) is 6.07 Å². The van der Waals surface area contributed by atoms with Gasteiger partial charge >= 0.3 is 0 Å². The number of benzene rings is 1. The van der Waals surface area contributed by atoms with Crippen molar-refractivity contribution < 1.29 is 9.47 Å². The number of aliphatic imine (C=N–C) groups is 1. The monoisotopic (exact) mass is 360 g/mol. The molecule has 144 valence electrons. The smallest absolute Gasteiger partial charge is 0.191 e. The molecule has 0 aromatic heterocycles. The van der Waals surface area contributed by atoms with Crippen LogP contribution in [-0.2, 0) is 6.54 Å². The summed E-state index contributed by atoms with van der Waals surface area (Å²) in [6, 6.07) is 7.41. The normalized spacial score (nSPS) is 19.3. The van der Waals surface area contributed by atoms with Crippen LogP contribution in [0, 0.1) is 0 Å². The fourth-order valence-corrected chi connectivity index (χ4v) is 3.52. The van der Waals surface area contributed by atoms with E-state index >= 15 is 0 Å². The van der Waals surface area contributed by atoms with Gasteiger partial charge in [0.2, 0.25) is 0 Å².